The lowest BCUT2D eigenvalue weighted by atomic mass is 10.1. The van der Waals surface area contributed by atoms with Crippen molar-refractivity contribution in [3.05, 3.63) is 64.4 Å². The average Bonchev–Trinajstić information content (AvgIpc) is 2.93. The molecule has 0 saturated heterocycles. The Balaban J connectivity index is 1.86. The van der Waals surface area contributed by atoms with Crippen LogP contribution in [0.2, 0.25) is 5.02 Å². The van der Waals surface area contributed by atoms with Gasteiger partial charge in [-0.15, -0.1) is 0 Å². The Bertz CT molecular complexity index is 783. The van der Waals surface area contributed by atoms with Crippen molar-refractivity contribution in [1.29, 1.82) is 0 Å². The van der Waals surface area contributed by atoms with Gasteiger partial charge in [0.05, 0.1) is 0 Å². The Morgan fingerprint density at radius 3 is 2.76 bits per heavy atom. The minimum Gasteiger partial charge on any atom is -0.399 e. The van der Waals surface area contributed by atoms with Crippen molar-refractivity contribution in [3.63, 3.8) is 0 Å². The molecule has 0 bridgehead atoms. The van der Waals surface area contributed by atoms with E-state index in [-0.39, 0.29) is 0 Å². The molecule has 21 heavy (non-hydrogen) atoms. The maximum absolute atomic E-state index is 6.14. The first-order valence-electron chi connectivity index (χ1n) is 6.56. The van der Waals surface area contributed by atoms with Gasteiger partial charge in [0.2, 0.25) is 0 Å². The first kappa shape index (κ1) is 13.6. The fraction of sp³-hybridized carbons (Fsp3) is 0.125. The molecule has 0 amide bonds. The Kier molecular flexibility index (Phi) is 3.62. The summed E-state index contributed by atoms with van der Waals surface area (Å²) in [5, 5.41) is 4.71. The SMILES string of the molecule is Cc1cc(-c2nc(Cc3ccccc3Cl)no2)ccc1N. The molecule has 0 spiro atoms. The van der Waals surface area contributed by atoms with Gasteiger partial charge in [-0.25, -0.2) is 0 Å². The largest absolute Gasteiger partial charge is 0.399 e. The van der Waals surface area contributed by atoms with Crippen LogP contribution in [0.15, 0.2) is 47.0 Å². The lowest BCUT2D eigenvalue weighted by molar-refractivity contribution is 0.424. The number of aromatic nitrogens is 2. The fourth-order valence-corrected chi connectivity index (χ4v) is 2.27. The molecule has 3 rings (SSSR count). The summed E-state index contributed by atoms with van der Waals surface area (Å²) in [5.41, 5.74) is 9.37. The van der Waals surface area contributed by atoms with Crippen LogP contribution in [-0.2, 0) is 6.42 Å². The average molecular weight is 300 g/mol. The van der Waals surface area contributed by atoms with Crippen molar-refractivity contribution in [2.24, 2.45) is 0 Å². The minimum absolute atomic E-state index is 0.486. The molecule has 0 atom stereocenters. The minimum atomic E-state index is 0.486. The van der Waals surface area contributed by atoms with Gasteiger partial charge < -0.3 is 10.3 Å². The molecule has 0 radical (unpaired) electrons. The van der Waals surface area contributed by atoms with E-state index >= 15 is 0 Å². The number of hydrogen-bond donors (Lipinski definition) is 1. The van der Waals surface area contributed by atoms with Crippen molar-refractivity contribution < 1.29 is 4.52 Å². The van der Waals surface area contributed by atoms with E-state index in [2.05, 4.69) is 10.1 Å². The van der Waals surface area contributed by atoms with E-state index < -0.39 is 0 Å². The maximum Gasteiger partial charge on any atom is 0.257 e. The summed E-state index contributed by atoms with van der Waals surface area (Å²) in [5.74, 6) is 1.09. The molecular formula is C16H14ClN3O. The van der Waals surface area contributed by atoms with Gasteiger partial charge in [0, 0.05) is 22.7 Å². The molecule has 0 unspecified atom stereocenters. The molecule has 2 N–H and O–H groups in total. The molecule has 5 heteroatoms. The van der Waals surface area contributed by atoms with Gasteiger partial charge in [-0.2, -0.15) is 4.98 Å². The van der Waals surface area contributed by atoms with Crippen LogP contribution in [0.3, 0.4) is 0 Å². The molecular weight excluding hydrogens is 286 g/mol. The second-order valence-corrected chi connectivity index (χ2v) is 5.26. The fourth-order valence-electron chi connectivity index (χ4n) is 2.06. The number of nitrogen functional groups attached to an aromatic ring is 1. The zero-order chi connectivity index (χ0) is 14.8. The molecule has 0 aliphatic carbocycles. The first-order chi connectivity index (χ1) is 10.1. The molecule has 2 aromatic carbocycles. The smallest absolute Gasteiger partial charge is 0.257 e. The third-order valence-corrected chi connectivity index (χ3v) is 3.66. The van der Waals surface area contributed by atoms with Gasteiger partial charge in [0.15, 0.2) is 5.82 Å². The maximum atomic E-state index is 6.14. The van der Waals surface area contributed by atoms with Crippen molar-refractivity contribution >= 4 is 17.3 Å². The predicted molar refractivity (Wildman–Crippen MR) is 83.1 cm³/mol. The third-order valence-electron chi connectivity index (χ3n) is 3.29. The number of aryl methyl sites for hydroxylation is 1. The van der Waals surface area contributed by atoms with Crippen LogP contribution in [0.5, 0.6) is 0 Å². The highest BCUT2D eigenvalue weighted by Crippen LogP contribution is 2.23. The second kappa shape index (κ2) is 5.58. The summed E-state index contributed by atoms with van der Waals surface area (Å²) >= 11 is 6.14. The summed E-state index contributed by atoms with van der Waals surface area (Å²) < 4.78 is 5.31. The Morgan fingerprint density at radius 1 is 1.19 bits per heavy atom. The van der Waals surface area contributed by atoms with Crippen LogP contribution >= 0.6 is 11.6 Å². The summed E-state index contributed by atoms with van der Waals surface area (Å²) in [6.45, 7) is 1.94. The van der Waals surface area contributed by atoms with E-state index in [1.807, 2.05) is 49.4 Å². The number of rotatable bonds is 3. The zero-order valence-electron chi connectivity index (χ0n) is 11.5. The normalized spacial score (nSPS) is 10.8. The van der Waals surface area contributed by atoms with E-state index in [4.69, 9.17) is 21.9 Å². The van der Waals surface area contributed by atoms with Gasteiger partial charge in [0.25, 0.3) is 5.89 Å². The molecule has 1 heterocycles. The summed E-state index contributed by atoms with van der Waals surface area (Å²) in [7, 11) is 0. The van der Waals surface area contributed by atoms with Crippen LogP contribution in [0.4, 0.5) is 5.69 Å². The Labute approximate surface area is 127 Å². The van der Waals surface area contributed by atoms with Gasteiger partial charge in [-0.1, -0.05) is 35.0 Å². The molecule has 0 fully saturated rings. The van der Waals surface area contributed by atoms with E-state index in [0.717, 1.165) is 22.4 Å². The van der Waals surface area contributed by atoms with Crippen LogP contribution in [0, 0.1) is 6.92 Å². The third kappa shape index (κ3) is 2.90. The number of benzene rings is 2. The number of hydrogen-bond acceptors (Lipinski definition) is 4. The summed E-state index contributed by atoms with van der Waals surface area (Å²) in [6.07, 6.45) is 0.539. The Hall–Kier alpha value is -2.33. The van der Waals surface area contributed by atoms with Crippen LogP contribution in [-0.4, -0.2) is 10.1 Å². The van der Waals surface area contributed by atoms with Gasteiger partial charge in [0.1, 0.15) is 0 Å². The van der Waals surface area contributed by atoms with E-state index in [1.54, 1.807) is 0 Å². The summed E-state index contributed by atoms with van der Waals surface area (Å²) in [6, 6.07) is 13.3. The molecule has 3 aromatic rings. The molecule has 0 aliphatic rings. The number of nitrogens with two attached hydrogens (primary N) is 1. The van der Waals surface area contributed by atoms with Gasteiger partial charge in [-0.05, 0) is 42.3 Å². The highest BCUT2D eigenvalue weighted by atomic mass is 35.5. The first-order valence-corrected chi connectivity index (χ1v) is 6.94. The molecule has 4 nitrogen and oxygen atoms in total. The van der Waals surface area contributed by atoms with E-state index in [0.29, 0.717) is 23.2 Å². The van der Waals surface area contributed by atoms with E-state index in [9.17, 15) is 0 Å². The molecule has 0 saturated carbocycles. The van der Waals surface area contributed by atoms with E-state index in [1.165, 1.54) is 0 Å². The van der Waals surface area contributed by atoms with Crippen molar-refractivity contribution in [2.45, 2.75) is 13.3 Å². The lowest BCUT2D eigenvalue weighted by Gasteiger charge is -2.00. The van der Waals surface area contributed by atoms with Crippen molar-refractivity contribution in [1.82, 2.24) is 10.1 Å². The summed E-state index contributed by atoms with van der Waals surface area (Å²) in [4.78, 5) is 4.41. The van der Waals surface area contributed by atoms with Crippen molar-refractivity contribution in [3.8, 4) is 11.5 Å². The molecule has 0 aliphatic heterocycles. The second-order valence-electron chi connectivity index (χ2n) is 4.86. The highest BCUT2D eigenvalue weighted by Gasteiger charge is 2.11. The van der Waals surface area contributed by atoms with Crippen LogP contribution in [0.25, 0.3) is 11.5 Å². The number of halogens is 1. The molecule has 106 valence electrons. The molecule has 1 aromatic heterocycles. The number of nitrogens with zero attached hydrogens (tertiary/aromatic N) is 2. The van der Waals surface area contributed by atoms with Crippen LogP contribution < -0.4 is 5.73 Å². The lowest BCUT2D eigenvalue weighted by Crippen LogP contribution is -1.92. The predicted octanol–water partition coefficient (Wildman–Crippen LogP) is 3.87. The standard InChI is InChI=1S/C16H14ClN3O/c1-10-8-12(6-7-14(10)18)16-19-15(20-21-16)9-11-4-2-3-5-13(11)17/h2-8H,9,18H2,1H3. The van der Waals surface area contributed by atoms with Gasteiger partial charge in [-0.3, -0.25) is 0 Å². The van der Waals surface area contributed by atoms with Crippen LogP contribution in [0.1, 0.15) is 17.0 Å². The highest BCUT2D eigenvalue weighted by molar-refractivity contribution is 6.31. The quantitative estimate of drug-likeness (QED) is 0.746. The monoisotopic (exact) mass is 299 g/mol. The number of anilines is 1. The zero-order valence-corrected chi connectivity index (χ0v) is 12.3. The van der Waals surface area contributed by atoms with Crippen molar-refractivity contribution in [2.75, 3.05) is 5.73 Å². The Morgan fingerprint density at radius 2 is 2.00 bits per heavy atom. The topological polar surface area (TPSA) is 64.9 Å². The van der Waals surface area contributed by atoms with Gasteiger partial charge >= 0.3 is 0 Å².